The van der Waals surface area contributed by atoms with E-state index < -0.39 is 14.5 Å². The van der Waals surface area contributed by atoms with E-state index >= 15 is 0 Å². The summed E-state index contributed by atoms with van der Waals surface area (Å²) < 4.78 is 12.4. The minimum Gasteiger partial charge on any atom is -0.487 e. The predicted octanol–water partition coefficient (Wildman–Crippen LogP) is 6.31. The van der Waals surface area contributed by atoms with Gasteiger partial charge in [-0.3, -0.25) is 4.79 Å². The Morgan fingerprint density at radius 1 is 1.09 bits per heavy atom. The molecule has 8 heteroatoms. The fourth-order valence-electron chi connectivity index (χ4n) is 3.19. The first-order chi connectivity index (χ1) is 15.1. The number of aromatic amines is 1. The van der Waals surface area contributed by atoms with E-state index in [1.54, 1.807) is 6.07 Å². The highest BCUT2D eigenvalue weighted by molar-refractivity contribution is 6.74. The van der Waals surface area contributed by atoms with Crippen molar-refractivity contribution in [3.05, 3.63) is 86.5 Å². The molecule has 0 aliphatic carbocycles. The molecule has 3 aromatic rings. The maximum Gasteiger partial charge on any atom is 0.248 e. The molecular weight excluding hydrogens is 420 g/mol. The highest BCUT2D eigenvalue weighted by Crippen LogP contribution is 2.38. The van der Waals surface area contributed by atoms with Crippen LogP contribution in [0.2, 0.25) is 18.1 Å². The standard InChI is InChI=1S/C24H30N4O3Si/c1-24(2,3)32(4,5)31-22(27-28-25)15-18-11-13-20(23-19(18)12-14-21(29)26-23)30-16-17-9-7-6-8-10-17/h6-14,22H,15-16H2,1-5H3,(H,26,29). The van der Waals surface area contributed by atoms with E-state index in [2.05, 4.69) is 48.9 Å². The number of ether oxygens (including phenoxy) is 1. The summed E-state index contributed by atoms with van der Waals surface area (Å²) in [7, 11) is -2.14. The number of aromatic nitrogens is 1. The van der Waals surface area contributed by atoms with E-state index in [-0.39, 0.29) is 10.6 Å². The maximum atomic E-state index is 12.0. The Balaban J connectivity index is 1.93. The Morgan fingerprint density at radius 3 is 2.47 bits per heavy atom. The van der Waals surface area contributed by atoms with Gasteiger partial charge in [-0.1, -0.05) is 62.3 Å². The van der Waals surface area contributed by atoms with Crippen LogP contribution >= 0.6 is 0 Å². The maximum absolute atomic E-state index is 12.0. The van der Waals surface area contributed by atoms with Gasteiger partial charge in [-0.05, 0) is 46.9 Å². The van der Waals surface area contributed by atoms with E-state index in [1.165, 1.54) is 6.07 Å². The number of pyridine rings is 1. The first-order valence-corrected chi connectivity index (χ1v) is 13.6. The molecule has 7 nitrogen and oxygen atoms in total. The third kappa shape index (κ3) is 5.59. The average Bonchev–Trinajstić information content (AvgIpc) is 2.73. The molecule has 0 aliphatic heterocycles. The molecule has 3 rings (SSSR count). The van der Waals surface area contributed by atoms with Gasteiger partial charge in [0.15, 0.2) is 8.32 Å². The molecule has 0 bridgehead atoms. The van der Waals surface area contributed by atoms with Gasteiger partial charge in [0.05, 0.1) is 5.52 Å². The molecule has 0 radical (unpaired) electrons. The highest BCUT2D eigenvalue weighted by atomic mass is 28.4. The first-order valence-electron chi connectivity index (χ1n) is 10.6. The lowest BCUT2D eigenvalue weighted by Gasteiger charge is -2.38. The second kappa shape index (κ2) is 9.61. The molecule has 2 aromatic carbocycles. The number of H-pyrrole nitrogens is 1. The quantitative estimate of drug-likeness (QED) is 0.188. The minimum absolute atomic E-state index is 0.0152. The van der Waals surface area contributed by atoms with E-state index in [0.717, 1.165) is 16.5 Å². The van der Waals surface area contributed by atoms with E-state index in [0.29, 0.717) is 24.3 Å². The van der Waals surface area contributed by atoms with Crippen LogP contribution in [0, 0.1) is 0 Å². The van der Waals surface area contributed by atoms with Crippen molar-refractivity contribution in [1.82, 2.24) is 4.98 Å². The van der Waals surface area contributed by atoms with Crippen molar-refractivity contribution in [3.8, 4) is 5.75 Å². The molecule has 0 saturated heterocycles. The summed E-state index contributed by atoms with van der Waals surface area (Å²) in [6, 6.07) is 16.9. The number of azide groups is 1. The summed E-state index contributed by atoms with van der Waals surface area (Å²) in [5.41, 5.74) is 11.5. The number of hydrogen-bond donors (Lipinski definition) is 1. The normalized spacial score (nSPS) is 12.9. The number of benzene rings is 2. The average molecular weight is 451 g/mol. The number of fused-ring (bicyclic) bond motifs is 1. The number of nitrogens with zero attached hydrogens (tertiary/aromatic N) is 3. The van der Waals surface area contributed by atoms with E-state index in [4.69, 9.17) is 14.7 Å². The Kier molecular flexibility index (Phi) is 7.08. The molecule has 1 aromatic heterocycles. The Hall–Kier alpha value is -3.06. The van der Waals surface area contributed by atoms with Gasteiger partial charge in [-0.15, -0.1) is 0 Å². The zero-order valence-electron chi connectivity index (χ0n) is 19.3. The molecule has 1 atom stereocenters. The van der Waals surface area contributed by atoms with Crippen LogP contribution in [-0.4, -0.2) is 19.5 Å². The number of rotatable bonds is 8. The molecule has 0 aliphatic rings. The molecule has 168 valence electrons. The van der Waals surface area contributed by atoms with Gasteiger partial charge in [-0.2, -0.15) is 0 Å². The molecule has 0 spiro atoms. The van der Waals surface area contributed by atoms with Crippen LogP contribution in [0.4, 0.5) is 0 Å². The number of nitrogens with one attached hydrogen (secondary N) is 1. The van der Waals surface area contributed by atoms with Gasteiger partial charge in [0.1, 0.15) is 18.6 Å². The summed E-state index contributed by atoms with van der Waals surface area (Å²) in [4.78, 5) is 18.0. The molecule has 1 unspecified atom stereocenters. The molecule has 0 amide bonds. The first kappa shape index (κ1) is 23.6. The fourth-order valence-corrected chi connectivity index (χ4v) is 4.35. The van der Waals surface area contributed by atoms with Crippen LogP contribution in [-0.2, 0) is 17.5 Å². The molecule has 1 N–H and O–H groups in total. The van der Waals surface area contributed by atoms with Crippen molar-refractivity contribution in [1.29, 1.82) is 0 Å². The Bertz CT molecular complexity index is 1180. The minimum atomic E-state index is -2.14. The lowest BCUT2D eigenvalue weighted by Crippen LogP contribution is -2.43. The van der Waals surface area contributed by atoms with Crippen molar-refractivity contribution in [2.45, 2.75) is 58.2 Å². The molecule has 32 heavy (non-hydrogen) atoms. The van der Waals surface area contributed by atoms with Gasteiger partial charge < -0.3 is 14.1 Å². The van der Waals surface area contributed by atoms with Gasteiger partial charge in [0.2, 0.25) is 5.56 Å². The number of hydrogen-bond acceptors (Lipinski definition) is 4. The summed E-state index contributed by atoms with van der Waals surface area (Å²) in [6.07, 6.45) is -0.231. The van der Waals surface area contributed by atoms with Gasteiger partial charge >= 0.3 is 0 Å². The molecule has 0 saturated carbocycles. The van der Waals surface area contributed by atoms with Gasteiger partial charge in [-0.25, -0.2) is 0 Å². The van der Waals surface area contributed by atoms with Gasteiger partial charge in [0.25, 0.3) is 0 Å². The summed E-state index contributed by atoms with van der Waals surface area (Å²) in [5, 5.41) is 4.76. The van der Waals surface area contributed by atoms with Crippen LogP contribution in [0.5, 0.6) is 5.75 Å². The van der Waals surface area contributed by atoms with Crippen LogP contribution < -0.4 is 10.3 Å². The second-order valence-corrected chi connectivity index (χ2v) is 14.1. The zero-order valence-corrected chi connectivity index (χ0v) is 20.3. The monoisotopic (exact) mass is 450 g/mol. The molecule has 0 fully saturated rings. The lowest BCUT2D eigenvalue weighted by molar-refractivity contribution is 0.188. The van der Waals surface area contributed by atoms with Crippen molar-refractivity contribution in [2.24, 2.45) is 5.11 Å². The third-order valence-electron chi connectivity index (χ3n) is 6.00. The molecule has 1 heterocycles. The van der Waals surface area contributed by atoms with Crippen LogP contribution in [0.15, 0.2) is 64.5 Å². The van der Waals surface area contributed by atoms with Crippen molar-refractivity contribution >= 4 is 19.2 Å². The zero-order chi connectivity index (χ0) is 23.4. The topological polar surface area (TPSA) is 100 Å². The molecular formula is C24H30N4O3Si. The predicted molar refractivity (Wildman–Crippen MR) is 130 cm³/mol. The van der Waals surface area contributed by atoms with Gasteiger partial charge in [0, 0.05) is 22.8 Å². The van der Waals surface area contributed by atoms with Crippen LogP contribution in [0.1, 0.15) is 31.9 Å². The van der Waals surface area contributed by atoms with Crippen LogP contribution in [0.25, 0.3) is 21.3 Å². The van der Waals surface area contributed by atoms with E-state index in [1.807, 2.05) is 42.5 Å². The third-order valence-corrected chi connectivity index (χ3v) is 10.5. The lowest BCUT2D eigenvalue weighted by atomic mass is 10.0. The SMILES string of the molecule is CC(C)(C)[Si](C)(C)OC(Cc1ccc(OCc2ccccc2)c2[nH]c(=O)ccc12)N=[N+]=[N-]. The Morgan fingerprint density at radius 2 is 1.81 bits per heavy atom. The highest BCUT2D eigenvalue weighted by Gasteiger charge is 2.39. The van der Waals surface area contributed by atoms with Crippen molar-refractivity contribution in [3.63, 3.8) is 0 Å². The Labute approximate surface area is 189 Å². The van der Waals surface area contributed by atoms with Crippen LogP contribution in [0.3, 0.4) is 0 Å². The van der Waals surface area contributed by atoms with Crippen molar-refractivity contribution in [2.75, 3.05) is 0 Å². The smallest absolute Gasteiger partial charge is 0.248 e. The second-order valence-electron chi connectivity index (χ2n) is 9.35. The van der Waals surface area contributed by atoms with Crippen molar-refractivity contribution < 1.29 is 9.16 Å². The largest absolute Gasteiger partial charge is 0.487 e. The summed E-state index contributed by atoms with van der Waals surface area (Å²) in [5.74, 6) is 0.593. The fraction of sp³-hybridized carbons (Fsp3) is 0.375. The van der Waals surface area contributed by atoms with E-state index in [9.17, 15) is 4.79 Å². The summed E-state index contributed by atoms with van der Waals surface area (Å²) in [6.45, 7) is 11.1. The summed E-state index contributed by atoms with van der Waals surface area (Å²) >= 11 is 0.